The van der Waals surface area contributed by atoms with E-state index < -0.39 is 0 Å². The number of ether oxygens (including phenoxy) is 1. The topological polar surface area (TPSA) is 69.1 Å². The van der Waals surface area contributed by atoms with E-state index in [1.807, 2.05) is 18.2 Å². The first-order valence-corrected chi connectivity index (χ1v) is 9.91. The molecule has 1 saturated heterocycles. The van der Waals surface area contributed by atoms with Crippen LogP contribution < -0.4 is 20.3 Å². The molecule has 6 nitrogen and oxygen atoms in total. The number of methoxy groups -OCH3 is 1. The summed E-state index contributed by atoms with van der Waals surface area (Å²) in [7, 11) is 1.56. The number of guanidine groups is 1. The van der Waals surface area contributed by atoms with Gasteiger partial charge in [0.2, 0.25) is 0 Å². The molecule has 0 spiro atoms. The molecule has 3 N–H and O–H groups in total. The molecule has 0 bridgehead atoms. The minimum Gasteiger partial charge on any atom is -0.504 e. The number of hydrogen-bond donors (Lipinski definition) is 3. The second-order valence-corrected chi connectivity index (χ2v) is 6.89. The predicted molar refractivity (Wildman–Crippen MR) is 115 cm³/mol. The Morgan fingerprint density at radius 1 is 1.21 bits per heavy atom. The third kappa shape index (κ3) is 5.09. The lowest BCUT2D eigenvalue weighted by atomic mass is 10.1. The van der Waals surface area contributed by atoms with Crippen molar-refractivity contribution in [2.75, 3.05) is 38.2 Å². The highest BCUT2D eigenvalue weighted by molar-refractivity contribution is 5.80. The number of aromatic hydroxyl groups is 1. The summed E-state index contributed by atoms with van der Waals surface area (Å²) in [4.78, 5) is 7.09. The fourth-order valence-corrected chi connectivity index (χ4v) is 3.49. The highest BCUT2D eigenvalue weighted by Crippen LogP contribution is 2.29. The normalized spacial score (nSPS) is 16.9. The first-order valence-electron chi connectivity index (χ1n) is 9.91. The van der Waals surface area contributed by atoms with Crippen LogP contribution in [-0.2, 0) is 6.42 Å². The Bertz CT molecular complexity index is 779. The molecule has 0 radical (unpaired) electrons. The number of para-hydroxylation sites is 2. The van der Waals surface area contributed by atoms with E-state index in [4.69, 9.17) is 9.73 Å². The summed E-state index contributed by atoms with van der Waals surface area (Å²) >= 11 is 0. The monoisotopic (exact) mass is 382 g/mol. The number of nitrogens with zero attached hydrogens (tertiary/aromatic N) is 2. The predicted octanol–water partition coefficient (Wildman–Crippen LogP) is 2.78. The summed E-state index contributed by atoms with van der Waals surface area (Å²) < 4.78 is 5.17. The Labute approximate surface area is 167 Å². The van der Waals surface area contributed by atoms with Gasteiger partial charge in [-0.1, -0.05) is 30.3 Å². The molecule has 1 aliphatic rings. The van der Waals surface area contributed by atoms with Gasteiger partial charge in [0.1, 0.15) is 0 Å². The summed E-state index contributed by atoms with van der Waals surface area (Å²) in [6.45, 7) is 5.47. The van der Waals surface area contributed by atoms with Crippen molar-refractivity contribution in [3.63, 3.8) is 0 Å². The molecule has 150 valence electrons. The second-order valence-electron chi connectivity index (χ2n) is 6.89. The van der Waals surface area contributed by atoms with E-state index in [2.05, 4.69) is 46.7 Å². The van der Waals surface area contributed by atoms with E-state index in [0.717, 1.165) is 37.6 Å². The molecule has 3 rings (SSSR count). The van der Waals surface area contributed by atoms with Gasteiger partial charge in [0.25, 0.3) is 0 Å². The average molecular weight is 383 g/mol. The van der Waals surface area contributed by atoms with Gasteiger partial charge >= 0.3 is 0 Å². The number of anilines is 1. The molecule has 0 saturated carbocycles. The van der Waals surface area contributed by atoms with Gasteiger partial charge in [-0.15, -0.1) is 0 Å². The zero-order valence-corrected chi connectivity index (χ0v) is 16.7. The van der Waals surface area contributed by atoms with Gasteiger partial charge in [-0.25, -0.2) is 0 Å². The number of phenols is 1. The largest absolute Gasteiger partial charge is 0.504 e. The minimum absolute atomic E-state index is 0.201. The fraction of sp³-hybridized carbons (Fsp3) is 0.409. The SMILES string of the molecule is CCNC(=NCCc1cccc(OC)c1O)NC1CCN(c2ccccc2)C1. The summed E-state index contributed by atoms with van der Waals surface area (Å²) in [6.07, 6.45) is 1.73. The van der Waals surface area contributed by atoms with Gasteiger partial charge in [-0.05, 0) is 43.5 Å². The molecule has 1 atom stereocenters. The van der Waals surface area contributed by atoms with Crippen molar-refractivity contribution in [1.82, 2.24) is 10.6 Å². The summed E-state index contributed by atoms with van der Waals surface area (Å²) in [5, 5.41) is 17.1. The molecule has 1 fully saturated rings. The molecule has 1 heterocycles. The Morgan fingerprint density at radius 3 is 2.79 bits per heavy atom. The summed E-state index contributed by atoms with van der Waals surface area (Å²) in [6, 6.07) is 16.4. The van der Waals surface area contributed by atoms with Crippen LogP contribution in [0.15, 0.2) is 53.5 Å². The fourth-order valence-electron chi connectivity index (χ4n) is 3.49. The smallest absolute Gasteiger partial charge is 0.191 e. The van der Waals surface area contributed by atoms with Crippen LogP contribution in [0.25, 0.3) is 0 Å². The maximum absolute atomic E-state index is 10.2. The van der Waals surface area contributed by atoms with Crippen LogP contribution in [-0.4, -0.2) is 50.4 Å². The van der Waals surface area contributed by atoms with Crippen LogP contribution in [0, 0.1) is 0 Å². The Balaban J connectivity index is 1.56. The van der Waals surface area contributed by atoms with Crippen LogP contribution in [0.3, 0.4) is 0 Å². The van der Waals surface area contributed by atoms with Gasteiger partial charge in [-0.3, -0.25) is 4.99 Å². The number of rotatable bonds is 7. The van der Waals surface area contributed by atoms with Crippen LogP contribution in [0.5, 0.6) is 11.5 Å². The van der Waals surface area contributed by atoms with Crippen molar-refractivity contribution in [2.24, 2.45) is 4.99 Å². The number of benzene rings is 2. The van der Waals surface area contributed by atoms with Gasteiger partial charge in [0, 0.05) is 37.9 Å². The number of hydrogen-bond acceptors (Lipinski definition) is 4. The van der Waals surface area contributed by atoms with Crippen molar-refractivity contribution >= 4 is 11.6 Å². The Kier molecular flexibility index (Phi) is 7.00. The van der Waals surface area contributed by atoms with E-state index in [9.17, 15) is 5.11 Å². The lowest BCUT2D eigenvalue weighted by Gasteiger charge is -2.20. The third-order valence-corrected chi connectivity index (χ3v) is 4.95. The van der Waals surface area contributed by atoms with E-state index in [1.54, 1.807) is 13.2 Å². The first kappa shape index (κ1) is 19.9. The molecule has 1 unspecified atom stereocenters. The molecule has 2 aromatic carbocycles. The highest BCUT2D eigenvalue weighted by atomic mass is 16.5. The van der Waals surface area contributed by atoms with Crippen LogP contribution >= 0.6 is 0 Å². The zero-order valence-electron chi connectivity index (χ0n) is 16.7. The Hall–Kier alpha value is -2.89. The van der Waals surface area contributed by atoms with Gasteiger partial charge in [0.05, 0.1) is 7.11 Å². The molecule has 0 aromatic heterocycles. The van der Waals surface area contributed by atoms with E-state index in [0.29, 0.717) is 24.8 Å². The average Bonchev–Trinajstić information content (AvgIpc) is 3.18. The maximum atomic E-state index is 10.2. The lowest BCUT2D eigenvalue weighted by molar-refractivity contribution is 0.370. The molecule has 0 amide bonds. The number of aliphatic imine (C=N–C) groups is 1. The summed E-state index contributed by atoms with van der Waals surface area (Å²) in [5.41, 5.74) is 2.11. The molecule has 6 heteroatoms. The van der Waals surface area contributed by atoms with Crippen molar-refractivity contribution in [1.29, 1.82) is 0 Å². The minimum atomic E-state index is 0.201. The standard InChI is InChI=1S/C22H30N4O2/c1-3-23-22(24-14-12-17-8-7-11-20(28-2)21(17)27)25-18-13-15-26(16-18)19-9-5-4-6-10-19/h4-11,18,27H,3,12-16H2,1-2H3,(H2,23,24,25). The van der Waals surface area contributed by atoms with Crippen LogP contribution in [0.1, 0.15) is 18.9 Å². The lowest BCUT2D eigenvalue weighted by Crippen LogP contribution is -2.44. The third-order valence-electron chi connectivity index (χ3n) is 4.95. The molecule has 28 heavy (non-hydrogen) atoms. The number of nitrogens with one attached hydrogen (secondary N) is 2. The quantitative estimate of drug-likeness (QED) is 0.507. The Morgan fingerprint density at radius 2 is 2.04 bits per heavy atom. The molecular weight excluding hydrogens is 352 g/mol. The van der Waals surface area contributed by atoms with Crippen molar-refractivity contribution in [3.05, 3.63) is 54.1 Å². The first-order chi connectivity index (χ1) is 13.7. The highest BCUT2D eigenvalue weighted by Gasteiger charge is 2.23. The van der Waals surface area contributed by atoms with E-state index in [-0.39, 0.29) is 5.75 Å². The second kappa shape index (κ2) is 9.88. The molecule has 0 aliphatic carbocycles. The summed E-state index contributed by atoms with van der Waals surface area (Å²) in [5.74, 6) is 1.52. The van der Waals surface area contributed by atoms with Gasteiger partial charge in [-0.2, -0.15) is 0 Å². The van der Waals surface area contributed by atoms with E-state index >= 15 is 0 Å². The van der Waals surface area contributed by atoms with Crippen molar-refractivity contribution < 1.29 is 9.84 Å². The van der Waals surface area contributed by atoms with Crippen LogP contribution in [0.2, 0.25) is 0 Å². The molecular formula is C22H30N4O2. The zero-order chi connectivity index (χ0) is 19.8. The molecule has 2 aromatic rings. The van der Waals surface area contributed by atoms with Crippen LogP contribution in [0.4, 0.5) is 5.69 Å². The van der Waals surface area contributed by atoms with Crippen molar-refractivity contribution in [2.45, 2.75) is 25.8 Å². The van der Waals surface area contributed by atoms with Gasteiger partial charge in [0.15, 0.2) is 17.5 Å². The molecule has 1 aliphatic heterocycles. The maximum Gasteiger partial charge on any atom is 0.191 e. The van der Waals surface area contributed by atoms with Gasteiger partial charge < -0.3 is 25.4 Å². The van der Waals surface area contributed by atoms with Crippen molar-refractivity contribution in [3.8, 4) is 11.5 Å². The van der Waals surface area contributed by atoms with E-state index in [1.165, 1.54) is 5.69 Å². The number of phenolic OH excluding ortho intramolecular Hbond substituents is 1.